The molecule has 5 heteroatoms. The summed E-state index contributed by atoms with van der Waals surface area (Å²) in [6.07, 6.45) is 3.71. The van der Waals surface area contributed by atoms with E-state index in [1.54, 1.807) is 12.3 Å². The number of piperidine rings is 1. The fraction of sp³-hybridized carbons (Fsp3) is 0.545. The van der Waals surface area contributed by atoms with Gasteiger partial charge < -0.3 is 15.6 Å². The minimum absolute atomic E-state index is 0.0323. The fourth-order valence-electron chi connectivity index (χ4n) is 1.94. The molecule has 0 bridgehead atoms. The summed E-state index contributed by atoms with van der Waals surface area (Å²) in [5.74, 6) is -0.0323. The van der Waals surface area contributed by atoms with E-state index in [0.717, 1.165) is 30.4 Å². The van der Waals surface area contributed by atoms with E-state index in [1.807, 2.05) is 0 Å². The molecule has 1 aromatic heterocycles. The van der Waals surface area contributed by atoms with E-state index in [-0.39, 0.29) is 11.4 Å². The number of rotatable bonds is 2. The van der Waals surface area contributed by atoms with E-state index in [2.05, 4.69) is 38.5 Å². The third-order valence-corrected chi connectivity index (χ3v) is 3.47. The molecule has 1 fully saturated rings. The molecular formula is C11H16BrN3O. The number of aromatic nitrogens is 1. The molecule has 0 radical (unpaired) electrons. The molecule has 2 heterocycles. The zero-order chi connectivity index (χ0) is 11.6. The van der Waals surface area contributed by atoms with Crippen LogP contribution in [0.4, 0.5) is 0 Å². The van der Waals surface area contributed by atoms with Crippen LogP contribution in [0, 0.1) is 0 Å². The molecule has 0 saturated carbocycles. The number of nitrogens with one attached hydrogen (secondary N) is 3. The van der Waals surface area contributed by atoms with Crippen molar-refractivity contribution in [1.29, 1.82) is 0 Å². The highest BCUT2D eigenvalue weighted by molar-refractivity contribution is 9.10. The van der Waals surface area contributed by atoms with Gasteiger partial charge in [0.2, 0.25) is 0 Å². The summed E-state index contributed by atoms with van der Waals surface area (Å²) < 4.78 is 0.896. The van der Waals surface area contributed by atoms with Crippen molar-refractivity contribution in [3.63, 3.8) is 0 Å². The van der Waals surface area contributed by atoms with Gasteiger partial charge in [-0.2, -0.15) is 0 Å². The summed E-state index contributed by atoms with van der Waals surface area (Å²) >= 11 is 3.32. The van der Waals surface area contributed by atoms with Crippen LogP contribution in [0.15, 0.2) is 16.7 Å². The van der Waals surface area contributed by atoms with E-state index in [9.17, 15) is 4.79 Å². The number of carbonyl (C=O) groups excluding carboxylic acids is 1. The normalized spacial score (nSPS) is 19.4. The molecule has 0 atom stereocenters. The number of halogens is 1. The highest BCUT2D eigenvalue weighted by atomic mass is 79.9. The lowest BCUT2D eigenvalue weighted by Crippen LogP contribution is -2.52. The van der Waals surface area contributed by atoms with Crippen molar-refractivity contribution in [2.75, 3.05) is 13.1 Å². The third kappa shape index (κ3) is 2.65. The van der Waals surface area contributed by atoms with E-state index >= 15 is 0 Å². The highest BCUT2D eigenvalue weighted by Crippen LogP contribution is 2.18. The van der Waals surface area contributed by atoms with Crippen LogP contribution in [0.5, 0.6) is 0 Å². The summed E-state index contributed by atoms with van der Waals surface area (Å²) in [5, 5.41) is 6.38. The maximum absolute atomic E-state index is 11.9. The molecule has 3 N–H and O–H groups in total. The van der Waals surface area contributed by atoms with Crippen molar-refractivity contribution in [3.8, 4) is 0 Å². The van der Waals surface area contributed by atoms with E-state index in [0.29, 0.717) is 5.69 Å². The van der Waals surface area contributed by atoms with Crippen LogP contribution in [0.3, 0.4) is 0 Å². The van der Waals surface area contributed by atoms with E-state index in [1.165, 1.54) is 0 Å². The smallest absolute Gasteiger partial charge is 0.268 e. The Hall–Kier alpha value is -0.810. The molecule has 0 spiro atoms. The number of hydrogen-bond donors (Lipinski definition) is 3. The minimum atomic E-state index is -0.0834. The molecule has 88 valence electrons. The summed E-state index contributed by atoms with van der Waals surface area (Å²) in [4.78, 5) is 14.9. The first-order valence-electron chi connectivity index (χ1n) is 5.46. The van der Waals surface area contributed by atoms with Crippen molar-refractivity contribution in [2.24, 2.45) is 0 Å². The van der Waals surface area contributed by atoms with Crippen LogP contribution in [0.1, 0.15) is 30.3 Å². The zero-order valence-electron chi connectivity index (χ0n) is 9.27. The number of aromatic amines is 1. The van der Waals surface area contributed by atoms with Gasteiger partial charge in [0, 0.05) is 16.2 Å². The van der Waals surface area contributed by atoms with Crippen LogP contribution in [0.2, 0.25) is 0 Å². The van der Waals surface area contributed by atoms with E-state index < -0.39 is 0 Å². The second kappa shape index (κ2) is 4.59. The maximum atomic E-state index is 11.9. The molecule has 0 aliphatic carbocycles. The molecule has 1 saturated heterocycles. The maximum Gasteiger partial charge on any atom is 0.268 e. The van der Waals surface area contributed by atoms with Crippen LogP contribution in [0.25, 0.3) is 0 Å². The highest BCUT2D eigenvalue weighted by Gasteiger charge is 2.28. The Morgan fingerprint density at radius 3 is 2.75 bits per heavy atom. The molecule has 1 aliphatic rings. The Balaban J connectivity index is 2.01. The van der Waals surface area contributed by atoms with Gasteiger partial charge in [0.1, 0.15) is 5.69 Å². The number of H-pyrrole nitrogens is 1. The lowest BCUT2D eigenvalue weighted by atomic mass is 9.90. The Bertz CT molecular complexity index is 382. The average Bonchev–Trinajstić information content (AvgIpc) is 2.65. The largest absolute Gasteiger partial charge is 0.356 e. The minimum Gasteiger partial charge on any atom is -0.356 e. The van der Waals surface area contributed by atoms with Gasteiger partial charge in [-0.05, 0) is 54.9 Å². The second-order valence-corrected chi connectivity index (χ2v) is 5.41. The predicted molar refractivity (Wildman–Crippen MR) is 66.5 cm³/mol. The third-order valence-electron chi connectivity index (χ3n) is 3.01. The molecule has 4 nitrogen and oxygen atoms in total. The van der Waals surface area contributed by atoms with Crippen LogP contribution < -0.4 is 10.6 Å². The monoisotopic (exact) mass is 285 g/mol. The van der Waals surface area contributed by atoms with Gasteiger partial charge in [-0.15, -0.1) is 0 Å². The van der Waals surface area contributed by atoms with Gasteiger partial charge in [-0.25, -0.2) is 0 Å². The number of amides is 1. The first-order valence-corrected chi connectivity index (χ1v) is 6.26. The van der Waals surface area contributed by atoms with Crippen molar-refractivity contribution in [2.45, 2.75) is 25.3 Å². The van der Waals surface area contributed by atoms with Crippen LogP contribution in [-0.2, 0) is 0 Å². The Morgan fingerprint density at radius 2 is 2.19 bits per heavy atom. The van der Waals surface area contributed by atoms with Gasteiger partial charge >= 0.3 is 0 Å². The summed E-state index contributed by atoms with van der Waals surface area (Å²) in [6, 6.07) is 1.79. The summed E-state index contributed by atoms with van der Waals surface area (Å²) in [6.45, 7) is 4.03. The summed E-state index contributed by atoms with van der Waals surface area (Å²) in [7, 11) is 0. The van der Waals surface area contributed by atoms with Gasteiger partial charge in [-0.1, -0.05) is 0 Å². The van der Waals surface area contributed by atoms with E-state index in [4.69, 9.17) is 0 Å². The molecule has 0 unspecified atom stereocenters. The molecule has 0 aromatic carbocycles. The standard InChI is InChI=1S/C11H16BrN3O/c1-11(2-4-13-5-3-11)15-10(16)9-6-8(12)7-14-9/h6-7,13-14H,2-5H2,1H3,(H,15,16). The lowest BCUT2D eigenvalue weighted by molar-refractivity contribution is 0.0883. The lowest BCUT2D eigenvalue weighted by Gasteiger charge is -2.34. The predicted octanol–water partition coefficient (Wildman–Crippen LogP) is 1.65. The van der Waals surface area contributed by atoms with Gasteiger partial charge in [0.25, 0.3) is 5.91 Å². The van der Waals surface area contributed by atoms with Crippen molar-refractivity contribution in [1.82, 2.24) is 15.6 Å². The quantitative estimate of drug-likeness (QED) is 0.774. The fourth-order valence-corrected chi connectivity index (χ4v) is 2.29. The molecule has 1 aromatic rings. The molecule has 1 aliphatic heterocycles. The van der Waals surface area contributed by atoms with Crippen LogP contribution >= 0.6 is 15.9 Å². The van der Waals surface area contributed by atoms with Crippen molar-refractivity contribution < 1.29 is 4.79 Å². The Morgan fingerprint density at radius 1 is 1.50 bits per heavy atom. The SMILES string of the molecule is CC1(NC(=O)c2cc(Br)c[nH]2)CCNCC1. The van der Waals surface area contributed by atoms with Gasteiger partial charge in [0.15, 0.2) is 0 Å². The number of carbonyl (C=O) groups is 1. The molecule has 2 rings (SSSR count). The van der Waals surface area contributed by atoms with Gasteiger partial charge in [-0.3, -0.25) is 4.79 Å². The Labute approximate surface area is 103 Å². The molecule has 16 heavy (non-hydrogen) atoms. The molecular weight excluding hydrogens is 270 g/mol. The van der Waals surface area contributed by atoms with Crippen molar-refractivity contribution in [3.05, 3.63) is 22.4 Å². The number of hydrogen-bond acceptors (Lipinski definition) is 2. The van der Waals surface area contributed by atoms with Crippen molar-refractivity contribution >= 4 is 21.8 Å². The topological polar surface area (TPSA) is 56.9 Å². The zero-order valence-corrected chi connectivity index (χ0v) is 10.9. The van der Waals surface area contributed by atoms with Crippen LogP contribution in [-0.4, -0.2) is 29.5 Å². The first-order chi connectivity index (χ1) is 7.59. The Kier molecular flexibility index (Phi) is 3.35. The van der Waals surface area contributed by atoms with Gasteiger partial charge in [0.05, 0.1) is 0 Å². The first kappa shape index (κ1) is 11.7. The summed E-state index contributed by atoms with van der Waals surface area (Å²) in [5.41, 5.74) is 0.520. The molecule has 1 amide bonds. The average molecular weight is 286 g/mol. The second-order valence-electron chi connectivity index (χ2n) is 4.50.